The van der Waals surface area contributed by atoms with Crippen LogP contribution >= 0.6 is 15.9 Å². The van der Waals surface area contributed by atoms with Gasteiger partial charge in [-0.05, 0) is 71.6 Å². The van der Waals surface area contributed by atoms with Crippen molar-refractivity contribution in [3.63, 3.8) is 0 Å². The van der Waals surface area contributed by atoms with Crippen LogP contribution in [0.5, 0.6) is 5.75 Å². The number of hydrogen-bond donors (Lipinski definition) is 0. The second kappa shape index (κ2) is 12.5. The number of rotatable bonds is 10. The Labute approximate surface area is 232 Å². The zero-order chi connectivity index (χ0) is 27.3. The van der Waals surface area contributed by atoms with Crippen LogP contribution in [-0.4, -0.2) is 34.0 Å². The zero-order valence-electron chi connectivity index (χ0n) is 23.5. The van der Waals surface area contributed by atoms with E-state index in [4.69, 9.17) is 13.9 Å². The van der Waals surface area contributed by atoms with Crippen molar-refractivity contribution in [1.29, 1.82) is 0 Å². The van der Waals surface area contributed by atoms with Gasteiger partial charge >= 0.3 is 5.97 Å². The first kappa shape index (κ1) is 29.3. The summed E-state index contributed by atoms with van der Waals surface area (Å²) in [6.45, 7) is 15.9. The number of carbonyl (C=O) groups is 1. The lowest BCUT2D eigenvalue weighted by atomic mass is 9.94. The Hall–Kier alpha value is -2.25. The highest BCUT2D eigenvalue weighted by Gasteiger charge is 2.49. The van der Waals surface area contributed by atoms with Crippen molar-refractivity contribution in [3.05, 3.63) is 70.4 Å². The average molecular weight is 589 g/mol. The maximum Gasteiger partial charge on any atom is 0.329 e. The van der Waals surface area contributed by atoms with E-state index in [-0.39, 0.29) is 12.0 Å². The van der Waals surface area contributed by atoms with E-state index in [1.807, 2.05) is 43.3 Å². The van der Waals surface area contributed by atoms with Crippen molar-refractivity contribution in [2.75, 3.05) is 18.6 Å². The monoisotopic (exact) mass is 587 g/mol. The average Bonchev–Trinajstić information content (AvgIpc) is 2.86. The van der Waals surface area contributed by atoms with Crippen molar-refractivity contribution in [3.8, 4) is 5.75 Å². The molecule has 5 nitrogen and oxygen atoms in total. The molecule has 0 amide bonds. The lowest BCUT2D eigenvalue weighted by Gasteiger charge is -2.47. The number of methoxy groups -OCH3 is 1. The molecule has 0 unspecified atom stereocenters. The Morgan fingerprint density at radius 3 is 2.03 bits per heavy atom. The quantitative estimate of drug-likeness (QED) is 0.206. The summed E-state index contributed by atoms with van der Waals surface area (Å²) in [6.07, 6.45) is 2.69. The fourth-order valence-electron chi connectivity index (χ4n) is 5.91. The summed E-state index contributed by atoms with van der Waals surface area (Å²) in [7, 11) is -0.559. The van der Waals surface area contributed by atoms with Gasteiger partial charge in [-0.25, -0.2) is 4.79 Å². The van der Waals surface area contributed by atoms with Crippen molar-refractivity contribution in [2.45, 2.75) is 83.6 Å². The summed E-state index contributed by atoms with van der Waals surface area (Å²) in [6, 6.07) is 15.4. The number of anilines is 1. The third kappa shape index (κ3) is 6.25. The molecule has 2 atom stereocenters. The molecule has 2 aromatic carbocycles. The minimum absolute atomic E-state index is 0.196. The molecule has 0 aromatic heterocycles. The van der Waals surface area contributed by atoms with Crippen molar-refractivity contribution in [2.24, 2.45) is 0 Å². The van der Waals surface area contributed by atoms with Crippen LogP contribution in [0.2, 0.25) is 16.6 Å². The van der Waals surface area contributed by atoms with E-state index in [0.29, 0.717) is 29.7 Å². The van der Waals surface area contributed by atoms with Gasteiger partial charge in [-0.2, -0.15) is 0 Å². The minimum atomic E-state index is -2.21. The second-order valence-electron chi connectivity index (χ2n) is 10.6. The summed E-state index contributed by atoms with van der Waals surface area (Å²) in [5.41, 5.74) is 3.31. The molecule has 1 aliphatic heterocycles. The Bertz CT molecular complexity index is 1040. The predicted octanol–water partition coefficient (Wildman–Crippen LogP) is 8.42. The number of hydrogen-bond acceptors (Lipinski definition) is 5. The van der Waals surface area contributed by atoms with Crippen LogP contribution in [0, 0.1) is 0 Å². The number of carbonyl (C=O) groups excluding carboxylic acids is 1. The van der Waals surface area contributed by atoms with Gasteiger partial charge in [-0.15, -0.1) is 0 Å². The van der Waals surface area contributed by atoms with Crippen LogP contribution in [0.1, 0.15) is 66.5 Å². The smallest absolute Gasteiger partial charge is 0.329 e. The van der Waals surface area contributed by atoms with E-state index in [9.17, 15) is 4.79 Å². The van der Waals surface area contributed by atoms with E-state index in [1.54, 1.807) is 7.11 Å². The normalized spacial score (nSPS) is 18.3. The Morgan fingerprint density at radius 1 is 0.973 bits per heavy atom. The molecule has 1 heterocycles. The number of halogens is 1. The highest BCUT2D eigenvalue weighted by Crippen LogP contribution is 2.46. The van der Waals surface area contributed by atoms with E-state index < -0.39 is 14.4 Å². The third-order valence-electron chi connectivity index (χ3n) is 7.53. The van der Waals surface area contributed by atoms with Gasteiger partial charge in [0, 0.05) is 16.6 Å². The Morgan fingerprint density at radius 2 is 1.54 bits per heavy atom. The van der Waals surface area contributed by atoms with Crippen LogP contribution < -0.4 is 9.64 Å². The van der Waals surface area contributed by atoms with Crippen molar-refractivity contribution < 1.29 is 18.7 Å². The molecular weight excluding hydrogens is 546 g/mol. The zero-order valence-corrected chi connectivity index (χ0v) is 26.0. The SMILES string of the molecule is CCOC(=O)[C@@H]1CC(O[Si](C(C)C)(C(C)C)C(C)C)=C[C@@H](c2ccc(Br)cc2)N1c1ccc(OC)cc1. The molecule has 0 N–H and O–H groups in total. The molecule has 0 radical (unpaired) electrons. The molecule has 0 spiro atoms. The van der Waals surface area contributed by atoms with Crippen LogP contribution in [0.4, 0.5) is 5.69 Å². The summed E-state index contributed by atoms with van der Waals surface area (Å²) in [4.78, 5) is 15.6. The summed E-state index contributed by atoms with van der Waals surface area (Å²) >= 11 is 3.56. The molecule has 202 valence electrons. The molecule has 3 rings (SSSR count). The van der Waals surface area contributed by atoms with Crippen LogP contribution in [-0.2, 0) is 14.0 Å². The van der Waals surface area contributed by atoms with Gasteiger partial charge in [0.1, 0.15) is 11.8 Å². The molecule has 37 heavy (non-hydrogen) atoms. The van der Waals surface area contributed by atoms with Gasteiger partial charge in [0.05, 0.1) is 25.5 Å². The Kier molecular flexibility index (Phi) is 9.92. The van der Waals surface area contributed by atoms with Gasteiger partial charge in [0.25, 0.3) is 8.32 Å². The van der Waals surface area contributed by atoms with Crippen LogP contribution in [0.25, 0.3) is 0 Å². The molecule has 1 aliphatic rings. The molecule has 0 fully saturated rings. The van der Waals surface area contributed by atoms with Gasteiger partial charge in [-0.1, -0.05) is 69.6 Å². The maximum absolute atomic E-state index is 13.5. The molecule has 0 bridgehead atoms. The molecule has 2 aromatic rings. The maximum atomic E-state index is 13.5. The van der Waals surface area contributed by atoms with Gasteiger partial charge in [0.15, 0.2) is 0 Å². The Balaban J connectivity index is 2.19. The molecular formula is C30H42BrNO4Si. The summed E-state index contributed by atoms with van der Waals surface area (Å²) in [5, 5.41) is 0. The highest BCUT2D eigenvalue weighted by atomic mass is 79.9. The topological polar surface area (TPSA) is 48.0 Å². The summed E-state index contributed by atoms with van der Waals surface area (Å²) < 4.78 is 19.2. The first-order valence-corrected chi connectivity index (χ1v) is 16.2. The number of ether oxygens (including phenoxy) is 2. The first-order valence-electron chi connectivity index (χ1n) is 13.3. The van der Waals surface area contributed by atoms with E-state index in [1.165, 1.54) is 0 Å². The van der Waals surface area contributed by atoms with E-state index in [0.717, 1.165) is 27.2 Å². The molecule has 7 heteroatoms. The molecule has 0 saturated carbocycles. The number of nitrogens with zero attached hydrogens (tertiary/aromatic N) is 1. The third-order valence-corrected chi connectivity index (χ3v) is 14.1. The fourth-order valence-corrected chi connectivity index (χ4v) is 11.5. The van der Waals surface area contributed by atoms with Gasteiger partial charge in [-0.3, -0.25) is 0 Å². The second-order valence-corrected chi connectivity index (χ2v) is 16.9. The highest BCUT2D eigenvalue weighted by molar-refractivity contribution is 9.10. The van der Waals surface area contributed by atoms with Crippen LogP contribution in [0.15, 0.2) is 64.8 Å². The largest absolute Gasteiger partial charge is 0.546 e. The van der Waals surface area contributed by atoms with Gasteiger partial charge < -0.3 is 18.8 Å². The lowest BCUT2D eigenvalue weighted by molar-refractivity contribution is -0.145. The van der Waals surface area contributed by atoms with E-state index >= 15 is 0 Å². The van der Waals surface area contributed by atoms with Gasteiger partial charge in [0.2, 0.25) is 0 Å². The molecule has 0 saturated heterocycles. The van der Waals surface area contributed by atoms with Crippen molar-refractivity contribution in [1.82, 2.24) is 0 Å². The van der Waals surface area contributed by atoms with E-state index in [2.05, 4.69) is 80.6 Å². The number of esters is 1. The number of benzene rings is 2. The first-order chi connectivity index (χ1) is 17.5. The minimum Gasteiger partial charge on any atom is -0.546 e. The van der Waals surface area contributed by atoms with Crippen LogP contribution in [0.3, 0.4) is 0 Å². The summed E-state index contributed by atoms with van der Waals surface area (Å²) in [5.74, 6) is 1.44. The fraction of sp³-hybridized carbons (Fsp3) is 0.500. The lowest BCUT2D eigenvalue weighted by Crippen LogP contribution is -2.51. The standard InChI is InChI=1S/C30H42BrNO4Si/c1-9-35-30(33)29-19-27(36-37(20(2)3,21(4)5)22(6)7)18-28(23-10-12-24(31)13-11-23)32(29)25-14-16-26(34-8)17-15-25/h10-18,20-22,28-29H,9,19H2,1-8H3/t28-,29-/m0/s1. The molecule has 0 aliphatic carbocycles. The predicted molar refractivity (Wildman–Crippen MR) is 158 cm³/mol. The van der Waals surface area contributed by atoms with Crippen molar-refractivity contribution >= 4 is 35.9 Å².